The molecule has 3 nitrogen and oxygen atoms in total. The van der Waals surface area contributed by atoms with Crippen LogP contribution in [0.2, 0.25) is 0 Å². The standard InChI is InChI=1S/C19H24N2.C7H7N/c1-4-19-20(17-11-7-5-9-15(17)2)13-14-21(19)18-12-8-6-10-16(18)3;8-6-7-4-2-1-3-5-7/h5-12,19H,4,13-14H2,1-3H3;1-6,8H. The van der Waals surface area contributed by atoms with Crippen molar-refractivity contribution in [1.82, 2.24) is 0 Å². The zero-order valence-electron chi connectivity index (χ0n) is 17.7. The maximum absolute atomic E-state index is 6.82. The average molecular weight is 386 g/mol. The minimum Gasteiger partial charge on any atom is -0.349 e. The first-order valence-corrected chi connectivity index (χ1v) is 10.4. The van der Waals surface area contributed by atoms with E-state index in [1.54, 1.807) is 0 Å². The van der Waals surface area contributed by atoms with Gasteiger partial charge in [0, 0.05) is 30.7 Å². The molecular formula is C26H31N3. The lowest BCUT2D eigenvalue weighted by atomic mass is 10.1. The molecule has 3 aromatic carbocycles. The summed E-state index contributed by atoms with van der Waals surface area (Å²) in [6.07, 6.45) is 2.91. The molecule has 0 aliphatic carbocycles. The molecular weight excluding hydrogens is 354 g/mol. The fourth-order valence-corrected chi connectivity index (χ4v) is 4.01. The second-order valence-electron chi connectivity index (χ2n) is 7.40. The Bertz CT molecular complexity index is 867. The summed E-state index contributed by atoms with van der Waals surface area (Å²) in [4.78, 5) is 5.11. The number of para-hydroxylation sites is 2. The minimum absolute atomic E-state index is 0.451. The van der Waals surface area contributed by atoms with Crippen LogP contribution in [0, 0.1) is 19.3 Å². The maximum atomic E-state index is 6.82. The molecule has 1 N–H and O–H groups in total. The quantitative estimate of drug-likeness (QED) is 0.554. The number of hydrogen-bond acceptors (Lipinski definition) is 3. The van der Waals surface area contributed by atoms with Gasteiger partial charge in [0.2, 0.25) is 0 Å². The van der Waals surface area contributed by atoms with Crippen LogP contribution >= 0.6 is 0 Å². The Morgan fingerprint density at radius 2 is 1.21 bits per heavy atom. The molecule has 4 rings (SSSR count). The van der Waals surface area contributed by atoms with E-state index in [-0.39, 0.29) is 0 Å². The highest BCUT2D eigenvalue weighted by atomic mass is 15.4. The van der Waals surface area contributed by atoms with Crippen LogP contribution in [0.25, 0.3) is 0 Å². The molecule has 0 radical (unpaired) electrons. The van der Waals surface area contributed by atoms with Crippen molar-refractivity contribution in [2.24, 2.45) is 0 Å². The van der Waals surface area contributed by atoms with Gasteiger partial charge in [-0.05, 0) is 49.1 Å². The van der Waals surface area contributed by atoms with E-state index in [1.807, 2.05) is 30.3 Å². The van der Waals surface area contributed by atoms with Crippen LogP contribution in [0.1, 0.15) is 30.0 Å². The van der Waals surface area contributed by atoms with Crippen molar-refractivity contribution in [3.8, 4) is 0 Å². The van der Waals surface area contributed by atoms with E-state index >= 15 is 0 Å². The van der Waals surface area contributed by atoms with E-state index in [0.717, 1.165) is 25.1 Å². The summed E-state index contributed by atoms with van der Waals surface area (Å²) in [7, 11) is 0. The molecule has 1 saturated heterocycles. The van der Waals surface area contributed by atoms with E-state index in [0.29, 0.717) is 6.17 Å². The number of aryl methyl sites for hydroxylation is 2. The van der Waals surface area contributed by atoms with Gasteiger partial charge in [0.05, 0.1) is 0 Å². The molecule has 1 aliphatic heterocycles. The number of rotatable bonds is 4. The van der Waals surface area contributed by atoms with E-state index in [1.165, 1.54) is 28.7 Å². The highest BCUT2D eigenvalue weighted by Gasteiger charge is 2.31. The average Bonchev–Trinajstić information content (AvgIpc) is 3.19. The molecule has 0 aromatic heterocycles. The van der Waals surface area contributed by atoms with E-state index in [9.17, 15) is 0 Å². The van der Waals surface area contributed by atoms with E-state index in [2.05, 4.69) is 79.1 Å². The highest BCUT2D eigenvalue weighted by Crippen LogP contribution is 2.32. The van der Waals surface area contributed by atoms with Crippen LogP contribution in [0.15, 0.2) is 78.9 Å². The fourth-order valence-electron chi connectivity index (χ4n) is 4.01. The number of hydrogen-bond donors (Lipinski definition) is 1. The number of anilines is 2. The first-order chi connectivity index (χ1) is 14.2. The van der Waals surface area contributed by atoms with Crippen LogP contribution in [0.4, 0.5) is 11.4 Å². The first kappa shape index (κ1) is 20.7. The summed E-state index contributed by atoms with van der Waals surface area (Å²) in [6, 6.07) is 27.0. The third kappa shape index (κ3) is 4.86. The topological polar surface area (TPSA) is 30.3 Å². The number of nitrogens with zero attached hydrogens (tertiary/aromatic N) is 2. The second kappa shape index (κ2) is 9.92. The molecule has 0 atom stereocenters. The lowest BCUT2D eigenvalue weighted by Crippen LogP contribution is -2.39. The molecule has 3 heteroatoms. The van der Waals surface area contributed by atoms with Gasteiger partial charge >= 0.3 is 0 Å². The van der Waals surface area contributed by atoms with E-state index in [4.69, 9.17) is 5.41 Å². The monoisotopic (exact) mass is 385 g/mol. The van der Waals surface area contributed by atoms with Crippen molar-refractivity contribution >= 4 is 17.6 Å². The number of nitrogens with one attached hydrogen (secondary N) is 1. The normalized spacial score (nSPS) is 13.8. The van der Waals surface area contributed by atoms with Crippen molar-refractivity contribution < 1.29 is 0 Å². The molecule has 1 aliphatic rings. The first-order valence-electron chi connectivity index (χ1n) is 10.4. The summed E-state index contributed by atoms with van der Waals surface area (Å²) in [6.45, 7) is 8.89. The third-order valence-corrected chi connectivity index (χ3v) is 5.48. The molecule has 29 heavy (non-hydrogen) atoms. The largest absolute Gasteiger partial charge is 0.349 e. The van der Waals surface area contributed by atoms with Gasteiger partial charge in [-0.2, -0.15) is 0 Å². The van der Waals surface area contributed by atoms with Crippen molar-refractivity contribution in [1.29, 1.82) is 5.41 Å². The van der Waals surface area contributed by atoms with Gasteiger partial charge in [-0.1, -0.05) is 73.7 Å². The molecule has 3 aromatic rings. The molecule has 1 fully saturated rings. The molecule has 0 bridgehead atoms. The lowest BCUT2D eigenvalue weighted by molar-refractivity contribution is 0.643. The number of benzene rings is 3. The van der Waals surface area contributed by atoms with Crippen molar-refractivity contribution in [2.45, 2.75) is 33.4 Å². The predicted octanol–water partition coefficient (Wildman–Crippen LogP) is 6.05. The third-order valence-electron chi connectivity index (χ3n) is 5.48. The van der Waals surface area contributed by atoms with Gasteiger partial charge in [-0.25, -0.2) is 0 Å². The zero-order chi connectivity index (χ0) is 20.6. The Morgan fingerprint density at radius 1 is 0.759 bits per heavy atom. The van der Waals surface area contributed by atoms with Crippen molar-refractivity contribution in [2.75, 3.05) is 22.9 Å². The smallest absolute Gasteiger partial charge is 0.101 e. The Kier molecular flexibility index (Phi) is 7.07. The molecule has 0 amide bonds. The Hall–Kier alpha value is -3.07. The maximum Gasteiger partial charge on any atom is 0.101 e. The van der Waals surface area contributed by atoms with Crippen molar-refractivity contribution in [3.63, 3.8) is 0 Å². The summed E-state index contributed by atoms with van der Waals surface area (Å²) in [5.74, 6) is 0. The second-order valence-corrected chi connectivity index (χ2v) is 7.40. The van der Waals surface area contributed by atoms with Crippen LogP contribution in [-0.4, -0.2) is 25.5 Å². The van der Waals surface area contributed by atoms with E-state index < -0.39 is 0 Å². The molecule has 0 spiro atoms. The molecule has 150 valence electrons. The van der Waals surface area contributed by atoms with Gasteiger partial charge < -0.3 is 15.2 Å². The Balaban J connectivity index is 0.000000252. The molecule has 0 unspecified atom stereocenters. The Labute approximate surface area is 175 Å². The van der Waals surface area contributed by atoms with Gasteiger partial charge in [0.15, 0.2) is 0 Å². The van der Waals surface area contributed by atoms with Crippen LogP contribution in [-0.2, 0) is 0 Å². The van der Waals surface area contributed by atoms with Gasteiger partial charge in [0.1, 0.15) is 6.17 Å². The summed E-state index contributed by atoms with van der Waals surface area (Å²) in [5.41, 5.74) is 6.43. The molecule has 0 saturated carbocycles. The predicted molar refractivity (Wildman–Crippen MR) is 125 cm³/mol. The zero-order valence-corrected chi connectivity index (χ0v) is 17.7. The van der Waals surface area contributed by atoms with Crippen LogP contribution in [0.5, 0.6) is 0 Å². The SMILES string of the molecule is CCC1N(c2ccccc2C)CCN1c1ccccc1C.N=Cc1ccccc1. The van der Waals surface area contributed by atoms with Gasteiger partial charge in [-0.15, -0.1) is 0 Å². The van der Waals surface area contributed by atoms with Crippen molar-refractivity contribution in [3.05, 3.63) is 95.6 Å². The van der Waals surface area contributed by atoms with Crippen LogP contribution < -0.4 is 9.80 Å². The summed E-state index contributed by atoms with van der Waals surface area (Å²) in [5, 5.41) is 6.82. The fraction of sp³-hybridized carbons (Fsp3) is 0.269. The lowest BCUT2D eigenvalue weighted by Gasteiger charge is -2.33. The van der Waals surface area contributed by atoms with Gasteiger partial charge in [0.25, 0.3) is 0 Å². The highest BCUT2D eigenvalue weighted by molar-refractivity contribution is 5.76. The molecule has 1 heterocycles. The Morgan fingerprint density at radius 3 is 1.59 bits per heavy atom. The minimum atomic E-state index is 0.451. The summed E-state index contributed by atoms with van der Waals surface area (Å²) >= 11 is 0. The summed E-state index contributed by atoms with van der Waals surface area (Å²) < 4.78 is 0. The van der Waals surface area contributed by atoms with Crippen LogP contribution in [0.3, 0.4) is 0 Å². The van der Waals surface area contributed by atoms with Gasteiger partial charge in [-0.3, -0.25) is 0 Å².